The number of aliphatic hydroxyl groups excluding tert-OH is 2. The Morgan fingerprint density at radius 2 is 2.21 bits per heavy atom. The zero-order valence-electron chi connectivity index (χ0n) is 15.8. The summed E-state index contributed by atoms with van der Waals surface area (Å²) in [5.41, 5.74) is 6.84. The Bertz CT molecular complexity index is 891. The first-order valence-corrected chi connectivity index (χ1v) is 10.4. The molecule has 0 saturated carbocycles. The summed E-state index contributed by atoms with van der Waals surface area (Å²) >= 11 is 1.57. The van der Waals surface area contributed by atoms with Crippen LogP contribution >= 0.6 is 11.8 Å². The number of fused-ring (bicyclic) bond motifs is 1. The number of aliphatic hydroxyl groups is 2. The Kier molecular flexibility index (Phi) is 6.91. The zero-order valence-corrected chi connectivity index (χ0v) is 16.6. The summed E-state index contributed by atoms with van der Waals surface area (Å²) in [6.07, 6.45) is 2.67. The number of thioether (sulfide) groups is 1. The van der Waals surface area contributed by atoms with Crippen molar-refractivity contribution < 1.29 is 14.9 Å². The van der Waals surface area contributed by atoms with Crippen LogP contribution in [0.15, 0.2) is 19.0 Å². The van der Waals surface area contributed by atoms with Crippen molar-refractivity contribution in [3.63, 3.8) is 0 Å². The van der Waals surface area contributed by atoms with Gasteiger partial charge in [0.05, 0.1) is 12.4 Å². The molecule has 3 heterocycles. The minimum absolute atomic E-state index is 0.217. The average molecular weight is 404 g/mol. The Labute approximate surface area is 168 Å². The van der Waals surface area contributed by atoms with Gasteiger partial charge in [0.25, 0.3) is 0 Å². The first kappa shape index (κ1) is 20.6. The van der Waals surface area contributed by atoms with Gasteiger partial charge in [-0.1, -0.05) is 25.3 Å². The highest BCUT2D eigenvalue weighted by Crippen LogP contribution is 2.33. The van der Waals surface area contributed by atoms with Gasteiger partial charge in [-0.05, 0) is 12.3 Å². The van der Waals surface area contributed by atoms with Crippen molar-refractivity contribution in [1.82, 2.24) is 19.5 Å². The molecular formula is C19H25N5O3S. The van der Waals surface area contributed by atoms with Crippen molar-refractivity contribution in [2.24, 2.45) is 0 Å². The molecule has 0 amide bonds. The fourth-order valence-electron chi connectivity index (χ4n) is 2.95. The lowest BCUT2D eigenvalue weighted by atomic mass is 10.1. The maximum atomic E-state index is 10.5. The molecule has 4 atom stereocenters. The predicted molar refractivity (Wildman–Crippen MR) is 110 cm³/mol. The molecule has 1 saturated heterocycles. The van der Waals surface area contributed by atoms with Crippen LogP contribution in [0.5, 0.6) is 0 Å². The van der Waals surface area contributed by atoms with Crippen LogP contribution < -0.4 is 5.73 Å². The molecule has 0 unspecified atom stereocenters. The molecule has 150 valence electrons. The summed E-state index contributed by atoms with van der Waals surface area (Å²) in [6.45, 7) is 5.78. The largest absolute Gasteiger partial charge is 0.387 e. The third kappa shape index (κ3) is 4.31. The smallest absolute Gasteiger partial charge is 0.208 e. The number of anilines is 1. The van der Waals surface area contributed by atoms with Crippen LogP contribution in [0.2, 0.25) is 0 Å². The second-order valence-corrected chi connectivity index (χ2v) is 7.61. The van der Waals surface area contributed by atoms with Crippen molar-refractivity contribution >= 4 is 28.7 Å². The fraction of sp³-hybridized carbons (Fsp3) is 0.526. The van der Waals surface area contributed by atoms with E-state index in [1.165, 1.54) is 6.33 Å². The topological polar surface area (TPSA) is 119 Å². The maximum absolute atomic E-state index is 10.5. The first-order chi connectivity index (χ1) is 13.6. The molecule has 0 radical (unpaired) electrons. The maximum Gasteiger partial charge on any atom is 0.208 e. The van der Waals surface area contributed by atoms with Crippen molar-refractivity contribution in [2.45, 2.75) is 50.7 Å². The molecule has 8 nitrogen and oxygen atoms in total. The van der Waals surface area contributed by atoms with Crippen molar-refractivity contribution in [2.75, 3.05) is 17.2 Å². The normalized spacial score (nSPS) is 24.2. The van der Waals surface area contributed by atoms with Crippen LogP contribution in [0.3, 0.4) is 0 Å². The third-order valence-corrected chi connectivity index (χ3v) is 5.47. The number of rotatable bonds is 7. The molecule has 3 rings (SSSR count). The Balaban J connectivity index is 1.87. The van der Waals surface area contributed by atoms with E-state index < -0.39 is 24.5 Å². The highest BCUT2D eigenvalue weighted by molar-refractivity contribution is 7.99. The van der Waals surface area contributed by atoms with E-state index >= 15 is 0 Å². The highest BCUT2D eigenvalue weighted by Gasteiger charge is 2.44. The van der Waals surface area contributed by atoms with Gasteiger partial charge >= 0.3 is 0 Å². The molecule has 0 bridgehead atoms. The van der Waals surface area contributed by atoms with Gasteiger partial charge in [-0.25, -0.2) is 15.0 Å². The van der Waals surface area contributed by atoms with Crippen molar-refractivity contribution in [3.8, 4) is 11.8 Å². The number of unbranched alkanes of at least 4 members (excludes halogenated alkanes) is 2. The number of nitrogens with two attached hydrogens (primary N) is 1. The summed E-state index contributed by atoms with van der Waals surface area (Å²) in [7, 11) is 0. The van der Waals surface area contributed by atoms with Crippen LogP contribution in [-0.2, 0) is 4.74 Å². The number of hydrogen-bond acceptors (Lipinski definition) is 8. The Morgan fingerprint density at radius 3 is 2.96 bits per heavy atom. The zero-order chi connectivity index (χ0) is 20.1. The second kappa shape index (κ2) is 9.39. The lowest BCUT2D eigenvalue weighted by Crippen LogP contribution is -2.32. The van der Waals surface area contributed by atoms with E-state index in [0.717, 1.165) is 25.0 Å². The standard InChI is InChI=1S/C19H25N5O3S/c1-3-5-6-7-8-13-22-17(20)14-18(23-13)24(11-21-14)19-16(26)15(25)12(27-19)10-28-9-4-2/h4,11-12,15-16,19,25-26H,2-3,5-6,9-10H2,1H3,(H2,20,22,23)/t12-,15-,16-,19-/m1/s1. The van der Waals surface area contributed by atoms with Crippen LogP contribution in [-0.4, -0.2) is 59.5 Å². The molecule has 4 N–H and O–H groups in total. The Hall–Kier alpha value is -2.12. The lowest BCUT2D eigenvalue weighted by Gasteiger charge is -2.16. The fourth-order valence-corrected chi connectivity index (χ4v) is 3.76. The number of nitrogen functional groups attached to an aromatic ring is 1. The van der Waals surface area contributed by atoms with E-state index in [2.05, 4.69) is 40.3 Å². The van der Waals surface area contributed by atoms with E-state index in [4.69, 9.17) is 10.5 Å². The predicted octanol–water partition coefficient (Wildman–Crippen LogP) is 1.49. The van der Waals surface area contributed by atoms with Crippen LogP contribution in [0.4, 0.5) is 5.82 Å². The summed E-state index contributed by atoms with van der Waals surface area (Å²) in [4.78, 5) is 12.9. The number of nitrogens with zero attached hydrogens (tertiary/aromatic N) is 4. The third-order valence-electron chi connectivity index (χ3n) is 4.43. The van der Waals surface area contributed by atoms with Gasteiger partial charge in [0.1, 0.15) is 17.7 Å². The molecule has 0 aromatic carbocycles. The van der Waals surface area contributed by atoms with Crippen LogP contribution in [0.1, 0.15) is 38.2 Å². The van der Waals surface area contributed by atoms with Gasteiger partial charge in [-0.15, -0.1) is 6.58 Å². The van der Waals surface area contributed by atoms with Gasteiger partial charge in [-0.2, -0.15) is 11.8 Å². The summed E-state index contributed by atoms with van der Waals surface area (Å²) < 4.78 is 7.49. The molecule has 9 heteroatoms. The quantitative estimate of drug-likeness (QED) is 0.361. The van der Waals surface area contributed by atoms with Crippen LogP contribution in [0, 0.1) is 11.8 Å². The number of aromatic nitrogens is 4. The summed E-state index contributed by atoms with van der Waals surface area (Å²) in [5.74, 6) is 7.76. The molecule has 1 fully saturated rings. The van der Waals surface area contributed by atoms with Gasteiger partial charge in [0.15, 0.2) is 17.7 Å². The van der Waals surface area contributed by atoms with E-state index in [-0.39, 0.29) is 5.82 Å². The molecule has 0 aliphatic carbocycles. The molecule has 1 aliphatic heterocycles. The SMILES string of the molecule is C=CCSC[C@H]1O[C@@H](n2cnc3c(N)nc(C#CCCCC)nc32)[C@H](O)[C@@H]1O. The number of imidazole rings is 1. The average Bonchev–Trinajstić information content (AvgIpc) is 3.22. The van der Waals surface area contributed by atoms with Gasteiger partial charge in [-0.3, -0.25) is 4.57 Å². The van der Waals surface area contributed by atoms with E-state index in [9.17, 15) is 10.2 Å². The minimum atomic E-state index is -1.11. The minimum Gasteiger partial charge on any atom is -0.387 e. The van der Waals surface area contributed by atoms with Crippen LogP contribution in [0.25, 0.3) is 11.2 Å². The number of hydrogen-bond donors (Lipinski definition) is 3. The second-order valence-electron chi connectivity index (χ2n) is 6.53. The molecule has 28 heavy (non-hydrogen) atoms. The molecular weight excluding hydrogens is 378 g/mol. The molecule has 1 aliphatic rings. The molecule has 2 aromatic heterocycles. The van der Waals surface area contributed by atoms with E-state index in [0.29, 0.717) is 22.7 Å². The van der Waals surface area contributed by atoms with E-state index in [1.807, 2.05) is 0 Å². The Morgan fingerprint density at radius 1 is 1.39 bits per heavy atom. The monoisotopic (exact) mass is 403 g/mol. The van der Waals surface area contributed by atoms with Gasteiger partial charge in [0.2, 0.25) is 5.82 Å². The highest BCUT2D eigenvalue weighted by atomic mass is 32.2. The van der Waals surface area contributed by atoms with E-state index in [1.54, 1.807) is 22.4 Å². The first-order valence-electron chi connectivity index (χ1n) is 9.26. The van der Waals surface area contributed by atoms with Crippen molar-refractivity contribution in [3.05, 3.63) is 24.8 Å². The number of ether oxygens (including phenoxy) is 1. The van der Waals surface area contributed by atoms with Gasteiger partial charge in [0, 0.05) is 17.9 Å². The molecule has 2 aromatic rings. The summed E-state index contributed by atoms with van der Waals surface area (Å²) in [6, 6.07) is 0. The lowest BCUT2D eigenvalue weighted by molar-refractivity contribution is -0.0288. The molecule has 0 spiro atoms. The van der Waals surface area contributed by atoms with Crippen molar-refractivity contribution in [1.29, 1.82) is 0 Å². The van der Waals surface area contributed by atoms with Gasteiger partial charge < -0.3 is 20.7 Å². The summed E-state index contributed by atoms with van der Waals surface area (Å²) in [5, 5.41) is 20.8.